The predicted molar refractivity (Wildman–Crippen MR) is 78.7 cm³/mol. The molecule has 0 bridgehead atoms. The van der Waals surface area contributed by atoms with Gasteiger partial charge in [0.05, 0.1) is 6.61 Å². The Morgan fingerprint density at radius 2 is 2.00 bits per heavy atom. The molecular weight excluding hydrogens is 293 g/mol. The monoisotopic (exact) mass is 315 g/mol. The first kappa shape index (κ1) is 16.4. The maximum Gasteiger partial charge on any atom is 0.243 e. The Hall–Kier alpha value is -0.980. The number of nitrogens with one attached hydrogen (secondary N) is 1. The lowest BCUT2D eigenvalue weighted by atomic mass is 9.98. The molecule has 2 rings (SSSR count). The second-order valence-electron chi connectivity index (χ2n) is 5.77. The summed E-state index contributed by atoms with van der Waals surface area (Å²) in [5.74, 6) is -0.572. The summed E-state index contributed by atoms with van der Waals surface area (Å²) in [7, 11) is -3.87. The Morgan fingerprint density at radius 1 is 1.29 bits per heavy atom. The first-order chi connectivity index (χ1) is 9.94. The van der Waals surface area contributed by atoms with Gasteiger partial charge in [0, 0.05) is 6.04 Å². The van der Waals surface area contributed by atoms with E-state index in [9.17, 15) is 12.8 Å². The molecule has 2 N–H and O–H groups in total. The highest BCUT2D eigenvalue weighted by Crippen LogP contribution is 2.25. The van der Waals surface area contributed by atoms with Crippen LogP contribution in [0.25, 0.3) is 0 Å². The smallest absolute Gasteiger partial charge is 0.243 e. The molecule has 0 aromatic heterocycles. The van der Waals surface area contributed by atoms with Gasteiger partial charge in [-0.25, -0.2) is 17.5 Å². The number of aliphatic hydroxyl groups excluding tert-OH is 1. The topological polar surface area (TPSA) is 66.4 Å². The summed E-state index contributed by atoms with van der Waals surface area (Å²) in [6.07, 6.45) is 4.99. The molecule has 1 aliphatic carbocycles. The minimum Gasteiger partial charge on any atom is -0.392 e. The zero-order chi connectivity index (χ0) is 15.5. The van der Waals surface area contributed by atoms with Crippen LogP contribution in [0.15, 0.2) is 23.1 Å². The van der Waals surface area contributed by atoms with Gasteiger partial charge in [-0.1, -0.05) is 32.3 Å². The molecule has 0 radical (unpaired) electrons. The lowest BCUT2D eigenvalue weighted by Crippen LogP contribution is -2.39. The first-order valence-electron chi connectivity index (χ1n) is 7.35. The molecule has 0 amide bonds. The van der Waals surface area contributed by atoms with Crippen LogP contribution >= 0.6 is 0 Å². The van der Waals surface area contributed by atoms with Crippen molar-refractivity contribution in [2.75, 3.05) is 0 Å². The van der Waals surface area contributed by atoms with Crippen LogP contribution in [-0.2, 0) is 16.6 Å². The number of rotatable bonds is 4. The number of hydrogen-bond donors (Lipinski definition) is 2. The van der Waals surface area contributed by atoms with Crippen LogP contribution in [0.2, 0.25) is 0 Å². The second kappa shape index (κ2) is 6.85. The van der Waals surface area contributed by atoms with Crippen LogP contribution in [0.4, 0.5) is 4.39 Å². The normalized spacial score (nSPS) is 23.8. The molecule has 118 valence electrons. The Morgan fingerprint density at radius 3 is 2.67 bits per heavy atom. The van der Waals surface area contributed by atoms with E-state index < -0.39 is 15.8 Å². The molecule has 0 saturated heterocycles. The van der Waals surface area contributed by atoms with Crippen molar-refractivity contribution in [3.8, 4) is 0 Å². The molecule has 2 atom stereocenters. The predicted octanol–water partition coefficient (Wildman–Crippen LogP) is 2.57. The number of benzene rings is 1. The Labute approximate surface area is 125 Å². The largest absolute Gasteiger partial charge is 0.392 e. The van der Waals surface area contributed by atoms with E-state index in [1.54, 1.807) is 0 Å². The Kier molecular flexibility index (Phi) is 5.35. The third-order valence-electron chi connectivity index (χ3n) is 4.14. The number of hydrogen-bond acceptors (Lipinski definition) is 3. The van der Waals surface area contributed by atoms with E-state index in [-0.39, 0.29) is 23.5 Å². The van der Waals surface area contributed by atoms with Gasteiger partial charge in [0.2, 0.25) is 10.0 Å². The van der Waals surface area contributed by atoms with Crippen LogP contribution in [0, 0.1) is 11.7 Å². The standard InChI is InChI=1S/C15H22FNO3S/c1-11-5-3-2-4-6-14(11)17-21(19,20)15-8-7-12(10-18)9-13(15)16/h7-9,11,14,17-18H,2-6,10H2,1H3. The maximum absolute atomic E-state index is 13.9. The van der Waals surface area contributed by atoms with Gasteiger partial charge in [-0.05, 0) is 36.5 Å². The molecule has 0 heterocycles. The minimum atomic E-state index is -3.87. The number of halogens is 1. The van der Waals surface area contributed by atoms with Crippen molar-refractivity contribution in [2.45, 2.75) is 56.6 Å². The van der Waals surface area contributed by atoms with Crippen LogP contribution in [0.5, 0.6) is 0 Å². The highest BCUT2D eigenvalue weighted by atomic mass is 32.2. The van der Waals surface area contributed by atoms with E-state index in [2.05, 4.69) is 4.72 Å². The average molecular weight is 315 g/mol. The van der Waals surface area contributed by atoms with Crippen molar-refractivity contribution in [2.24, 2.45) is 5.92 Å². The highest BCUT2D eigenvalue weighted by Gasteiger charge is 2.27. The van der Waals surface area contributed by atoms with Crippen LogP contribution < -0.4 is 4.72 Å². The molecule has 1 aromatic rings. The van der Waals surface area contributed by atoms with Gasteiger partial charge in [0.15, 0.2) is 0 Å². The maximum atomic E-state index is 13.9. The molecule has 1 fully saturated rings. The van der Waals surface area contributed by atoms with Gasteiger partial charge in [-0.3, -0.25) is 0 Å². The van der Waals surface area contributed by atoms with E-state index in [0.717, 1.165) is 38.2 Å². The summed E-state index contributed by atoms with van der Waals surface area (Å²) in [5.41, 5.74) is 0.356. The highest BCUT2D eigenvalue weighted by molar-refractivity contribution is 7.89. The number of aliphatic hydroxyl groups is 1. The van der Waals surface area contributed by atoms with E-state index in [0.29, 0.717) is 5.56 Å². The van der Waals surface area contributed by atoms with Crippen molar-refractivity contribution >= 4 is 10.0 Å². The molecule has 2 unspecified atom stereocenters. The molecular formula is C15H22FNO3S. The first-order valence-corrected chi connectivity index (χ1v) is 8.84. The summed E-state index contributed by atoms with van der Waals surface area (Å²) in [4.78, 5) is -0.351. The van der Waals surface area contributed by atoms with E-state index in [1.807, 2.05) is 6.92 Å². The van der Waals surface area contributed by atoms with E-state index in [4.69, 9.17) is 5.11 Å². The Balaban J connectivity index is 2.21. The molecule has 4 nitrogen and oxygen atoms in total. The van der Waals surface area contributed by atoms with Crippen LogP contribution in [-0.4, -0.2) is 19.6 Å². The van der Waals surface area contributed by atoms with Gasteiger partial charge in [-0.2, -0.15) is 0 Å². The molecule has 0 aliphatic heterocycles. The minimum absolute atomic E-state index is 0.144. The van der Waals surface area contributed by atoms with E-state index in [1.165, 1.54) is 12.1 Å². The lowest BCUT2D eigenvalue weighted by molar-refractivity contribution is 0.281. The zero-order valence-electron chi connectivity index (χ0n) is 12.2. The van der Waals surface area contributed by atoms with Gasteiger partial charge in [0.1, 0.15) is 10.7 Å². The molecule has 21 heavy (non-hydrogen) atoms. The Bertz CT molecular complexity index is 589. The van der Waals surface area contributed by atoms with Crippen molar-refractivity contribution in [1.82, 2.24) is 4.72 Å². The zero-order valence-corrected chi connectivity index (χ0v) is 13.0. The summed E-state index contributed by atoms with van der Waals surface area (Å²) < 4.78 is 41.3. The van der Waals surface area contributed by atoms with Crippen molar-refractivity contribution in [3.63, 3.8) is 0 Å². The van der Waals surface area contributed by atoms with Gasteiger partial charge in [-0.15, -0.1) is 0 Å². The van der Waals surface area contributed by atoms with Crippen molar-refractivity contribution in [1.29, 1.82) is 0 Å². The van der Waals surface area contributed by atoms with Gasteiger partial charge in [0.25, 0.3) is 0 Å². The molecule has 1 aliphatic rings. The molecule has 1 saturated carbocycles. The molecule has 0 spiro atoms. The molecule has 1 aromatic carbocycles. The molecule has 6 heteroatoms. The summed E-state index contributed by atoms with van der Waals surface area (Å²) in [5, 5.41) is 8.95. The number of sulfonamides is 1. The fourth-order valence-corrected chi connectivity index (χ4v) is 4.23. The summed E-state index contributed by atoms with van der Waals surface area (Å²) in [6, 6.07) is 3.55. The van der Waals surface area contributed by atoms with Gasteiger partial charge < -0.3 is 5.11 Å². The van der Waals surface area contributed by atoms with Crippen molar-refractivity contribution in [3.05, 3.63) is 29.6 Å². The third kappa shape index (κ3) is 4.02. The second-order valence-corrected chi connectivity index (χ2v) is 7.45. The van der Waals surface area contributed by atoms with Crippen LogP contribution in [0.3, 0.4) is 0 Å². The summed E-state index contributed by atoms with van der Waals surface area (Å²) in [6.45, 7) is 1.72. The van der Waals surface area contributed by atoms with Crippen LogP contribution in [0.1, 0.15) is 44.6 Å². The SMILES string of the molecule is CC1CCCCCC1NS(=O)(=O)c1ccc(CO)cc1F. The summed E-state index contributed by atoms with van der Waals surface area (Å²) >= 11 is 0. The van der Waals surface area contributed by atoms with Crippen molar-refractivity contribution < 1.29 is 17.9 Å². The fourth-order valence-electron chi connectivity index (χ4n) is 2.79. The van der Waals surface area contributed by atoms with E-state index >= 15 is 0 Å². The third-order valence-corrected chi connectivity index (χ3v) is 5.66. The quantitative estimate of drug-likeness (QED) is 0.839. The fraction of sp³-hybridized carbons (Fsp3) is 0.600. The average Bonchev–Trinajstić information content (AvgIpc) is 2.63. The van der Waals surface area contributed by atoms with Gasteiger partial charge >= 0.3 is 0 Å². The lowest BCUT2D eigenvalue weighted by Gasteiger charge is -2.22.